The van der Waals surface area contributed by atoms with E-state index in [2.05, 4.69) is 10.6 Å². The summed E-state index contributed by atoms with van der Waals surface area (Å²) < 4.78 is 21.5. The number of rotatable bonds is 22. The van der Waals surface area contributed by atoms with Crippen LogP contribution in [0, 0.1) is 5.92 Å². The number of ether oxygens (including phenoxy) is 4. The number of aliphatic hydroxyl groups excluding tert-OH is 7. The largest absolute Gasteiger partial charge is 0.394 e. The molecule has 0 aliphatic carbocycles. The van der Waals surface area contributed by atoms with Gasteiger partial charge in [0.05, 0.1) is 32.5 Å². The first kappa shape index (κ1) is 44.6. The van der Waals surface area contributed by atoms with Crippen molar-refractivity contribution in [2.24, 2.45) is 5.92 Å². The first-order valence-corrected chi connectivity index (χ1v) is 17.1. The van der Waals surface area contributed by atoms with Gasteiger partial charge in [-0.3, -0.25) is 28.9 Å². The van der Waals surface area contributed by atoms with Crippen molar-refractivity contribution in [2.45, 2.75) is 120 Å². The molecule has 19 nitrogen and oxygen atoms in total. The fourth-order valence-electron chi connectivity index (χ4n) is 5.52. The van der Waals surface area contributed by atoms with Crippen LogP contribution in [0.1, 0.15) is 58.3 Å². The molecule has 1 unspecified atom stereocenters. The van der Waals surface area contributed by atoms with Crippen LogP contribution in [0.25, 0.3) is 0 Å². The van der Waals surface area contributed by atoms with E-state index in [9.17, 15) is 59.7 Å². The van der Waals surface area contributed by atoms with Gasteiger partial charge in [-0.1, -0.05) is 0 Å². The number of nitrogens with zero attached hydrogens (tertiary/aromatic N) is 1. The highest BCUT2D eigenvalue weighted by atomic mass is 16.7. The molecule has 11 atom stereocenters. The average molecular weight is 738 g/mol. The standard InChI is InChI=1S/C32H55N3O16/c1-17-25(42)27(44)29(46)31(50-17)49-12-10-34-22(39)14-18(13-19(37)7-4-5-9-23(40)35(3)24(41)15-33-2)20(38)8-6-11-48-32-30(47)28(45)26(43)21(16-36)51-32/h17-18,21,25-33,36,42-47H,4-16H2,1-3H3,(H,34,39)/t17-,18?,21+,25+,26+,27+,28-,29-,30-,31+,32-/m0/s1. The van der Waals surface area contributed by atoms with Crippen molar-refractivity contribution in [1.82, 2.24) is 15.5 Å². The van der Waals surface area contributed by atoms with Crippen molar-refractivity contribution in [1.29, 1.82) is 0 Å². The lowest BCUT2D eigenvalue weighted by molar-refractivity contribution is -0.301. The SMILES string of the molecule is CNCC(=O)N(C)C(=O)CCCCC(=O)CC(CC(=O)NCCO[C@@H]1O[C@@H](C)[C@@H](O)[C@@H](O)[C@@H]1O)C(=O)CCCO[C@H]1O[C@H](CO)[C@@H](O)[C@H](O)[C@@H]1O. The summed E-state index contributed by atoms with van der Waals surface area (Å²) in [7, 11) is 2.95. The fraction of sp³-hybridized carbons (Fsp3) is 0.844. The van der Waals surface area contributed by atoms with E-state index in [0.29, 0.717) is 12.8 Å². The van der Waals surface area contributed by atoms with E-state index in [0.717, 1.165) is 4.90 Å². The zero-order chi connectivity index (χ0) is 38.2. The highest BCUT2D eigenvalue weighted by molar-refractivity contribution is 5.96. The smallest absolute Gasteiger partial charge is 0.242 e. The molecule has 294 valence electrons. The molecule has 0 aromatic carbocycles. The number of Topliss-reactive ketones (excluding diaryl/α,β-unsaturated/α-hetero) is 2. The van der Waals surface area contributed by atoms with Crippen LogP contribution in [0.3, 0.4) is 0 Å². The molecule has 19 heteroatoms. The normalized spacial score (nSPS) is 30.0. The van der Waals surface area contributed by atoms with Gasteiger partial charge in [0.2, 0.25) is 17.7 Å². The predicted octanol–water partition coefficient (Wildman–Crippen LogP) is -4.16. The van der Waals surface area contributed by atoms with Crippen LogP contribution in [0.4, 0.5) is 0 Å². The minimum atomic E-state index is -1.63. The molecule has 2 aliphatic rings. The molecule has 3 amide bonds. The Kier molecular flexibility index (Phi) is 19.7. The maximum Gasteiger partial charge on any atom is 0.242 e. The lowest BCUT2D eigenvalue weighted by Gasteiger charge is -2.39. The zero-order valence-corrected chi connectivity index (χ0v) is 29.3. The monoisotopic (exact) mass is 737 g/mol. The highest BCUT2D eigenvalue weighted by Crippen LogP contribution is 2.24. The summed E-state index contributed by atoms with van der Waals surface area (Å²) in [6.45, 7) is 0.495. The second-order valence-electron chi connectivity index (χ2n) is 12.8. The third-order valence-electron chi connectivity index (χ3n) is 8.75. The molecule has 0 spiro atoms. The molecule has 0 bridgehead atoms. The summed E-state index contributed by atoms with van der Waals surface area (Å²) >= 11 is 0. The minimum Gasteiger partial charge on any atom is -0.394 e. The highest BCUT2D eigenvalue weighted by Gasteiger charge is 2.44. The van der Waals surface area contributed by atoms with E-state index in [1.807, 2.05) is 0 Å². The van der Waals surface area contributed by atoms with E-state index in [1.54, 1.807) is 7.05 Å². The first-order chi connectivity index (χ1) is 24.1. The molecule has 9 N–H and O–H groups in total. The topological polar surface area (TPSA) is 291 Å². The lowest BCUT2D eigenvalue weighted by atomic mass is 9.90. The summed E-state index contributed by atoms with van der Waals surface area (Å²) in [5.41, 5.74) is 0. The Morgan fingerprint density at radius 3 is 2.00 bits per heavy atom. The van der Waals surface area contributed by atoms with E-state index >= 15 is 0 Å². The Hall–Kier alpha value is -2.53. The minimum absolute atomic E-state index is 0.00308. The summed E-state index contributed by atoms with van der Waals surface area (Å²) in [6.07, 6.45) is -13.7. The van der Waals surface area contributed by atoms with Gasteiger partial charge < -0.3 is 65.3 Å². The van der Waals surface area contributed by atoms with Gasteiger partial charge >= 0.3 is 0 Å². The summed E-state index contributed by atoms with van der Waals surface area (Å²) in [4.78, 5) is 64.0. The van der Waals surface area contributed by atoms with Crippen LogP contribution >= 0.6 is 0 Å². The van der Waals surface area contributed by atoms with Gasteiger partial charge in [0.15, 0.2) is 12.6 Å². The number of carbonyl (C=O) groups is 5. The van der Waals surface area contributed by atoms with E-state index in [4.69, 9.17) is 18.9 Å². The van der Waals surface area contributed by atoms with Crippen molar-refractivity contribution in [3.05, 3.63) is 0 Å². The maximum atomic E-state index is 13.2. The van der Waals surface area contributed by atoms with Crippen LogP contribution in [0.5, 0.6) is 0 Å². The number of amides is 3. The molecular formula is C32H55N3O16. The van der Waals surface area contributed by atoms with Gasteiger partial charge in [-0.25, -0.2) is 0 Å². The maximum absolute atomic E-state index is 13.2. The Labute approximate surface area is 296 Å². The number of ketones is 2. The van der Waals surface area contributed by atoms with Crippen LogP contribution < -0.4 is 10.6 Å². The molecule has 2 heterocycles. The van der Waals surface area contributed by atoms with Crippen molar-refractivity contribution in [2.75, 3.05) is 47.0 Å². The van der Waals surface area contributed by atoms with Gasteiger partial charge in [0, 0.05) is 51.6 Å². The second kappa shape index (κ2) is 22.5. The Morgan fingerprint density at radius 1 is 0.745 bits per heavy atom. The van der Waals surface area contributed by atoms with Crippen molar-refractivity contribution in [3.8, 4) is 0 Å². The average Bonchev–Trinajstić information content (AvgIpc) is 3.10. The number of hydrogen-bond acceptors (Lipinski definition) is 17. The Balaban J connectivity index is 1.90. The molecule has 0 aromatic heterocycles. The number of hydrogen-bond donors (Lipinski definition) is 9. The van der Waals surface area contributed by atoms with E-state index < -0.39 is 97.4 Å². The number of carbonyl (C=O) groups excluding carboxylic acids is 5. The fourth-order valence-corrected chi connectivity index (χ4v) is 5.52. The van der Waals surface area contributed by atoms with Crippen molar-refractivity contribution < 1.29 is 78.7 Å². The third-order valence-corrected chi connectivity index (χ3v) is 8.75. The zero-order valence-electron chi connectivity index (χ0n) is 29.3. The molecule has 2 fully saturated rings. The van der Waals surface area contributed by atoms with Crippen LogP contribution in [-0.2, 0) is 42.9 Å². The molecule has 0 aromatic rings. The predicted molar refractivity (Wildman–Crippen MR) is 173 cm³/mol. The van der Waals surface area contributed by atoms with Crippen LogP contribution in [-0.4, -0.2) is 178 Å². The molecule has 0 saturated carbocycles. The number of likely N-dealkylation sites (N-methyl/N-ethyl adjacent to an activating group) is 2. The van der Waals surface area contributed by atoms with Gasteiger partial charge in [0.1, 0.15) is 54.3 Å². The van der Waals surface area contributed by atoms with Crippen LogP contribution in [0.15, 0.2) is 0 Å². The summed E-state index contributed by atoms with van der Waals surface area (Å²) in [6, 6.07) is 0. The van der Waals surface area contributed by atoms with Gasteiger partial charge in [0.25, 0.3) is 0 Å². The van der Waals surface area contributed by atoms with E-state index in [-0.39, 0.29) is 70.6 Å². The van der Waals surface area contributed by atoms with Crippen molar-refractivity contribution >= 4 is 29.3 Å². The second-order valence-corrected chi connectivity index (χ2v) is 12.8. The quantitative estimate of drug-likeness (QED) is 0.0477. The lowest BCUT2D eigenvalue weighted by Crippen LogP contribution is -2.59. The molecule has 0 radical (unpaired) electrons. The van der Waals surface area contributed by atoms with Gasteiger partial charge in [-0.15, -0.1) is 0 Å². The third kappa shape index (κ3) is 14.1. The molecule has 51 heavy (non-hydrogen) atoms. The van der Waals surface area contributed by atoms with E-state index in [1.165, 1.54) is 14.0 Å². The molecule has 2 rings (SSSR count). The van der Waals surface area contributed by atoms with Crippen LogP contribution in [0.2, 0.25) is 0 Å². The number of imide groups is 1. The molecular weight excluding hydrogens is 682 g/mol. The molecule has 2 aliphatic heterocycles. The van der Waals surface area contributed by atoms with Gasteiger partial charge in [-0.05, 0) is 33.2 Å². The number of aliphatic hydroxyl groups is 7. The number of nitrogens with one attached hydrogen (secondary N) is 2. The summed E-state index contributed by atoms with van der Waals surface area (Å²) in [5.74, 6) is -3.11. The Morgan fingerprint density at radius 2 is 1.35 bits per heavy atom. The Bertz CT molecular complexity index is 1130. The number of unbranched alkanes of at least 4 members (excludes halogenated alkanes) is 1. The summed E-state index contributed by atoms with van der Waals surface area (Å²) in [5, 5.41) is 74.4. The van der Waals surface area contributed by atoms with Gasteiger partial charge in [-0.2, -0.15) is 0 Å². The van der Waals surface area contributed by atoms with Crippen molar-refractivity contribution in [3.63, 3.8) is 0 Å². The molecule has 2 saturated heterocycles. The first-order valence-electron chi connectivity index (χ1n) is 17.1.